The van der Waals surface area contributed by atoms with Gasteiger partial charge in [0.25, 0.3) is 0 Å². The third-order valence-electron chi connectivity index (χ3n) is 4.15. The zero-order valence-corrected chi connectivity index (χ0v) is 16.6. The number of esters is 1. The van der Waals surface area contributed by atoms with Gasteiger partial charge in [0.15, 0.2) is 6.10 Å². The zero-order valence-electron chi connectivity index (χ0n) is 15.1. The van der Waals surface area contributed by atoms with Gasteiger partial charge in [-0.05, 0) is 54.8 Å². The molecule has 140 valence electrons. The number of nitrogens with zero attached hydrogens (tertiary/aromatic N) is 2. The second-order valence-corrected chi connectivity index (χ2v) is 6.77. The van der Waals surface area contributed by atoms with Crippen molar-refractivity contribution in [1.82, 2.24) is 4.98 Å². The number of halogens is 2. The van der Waals surface area contributed by atoms with Crippen molar-refractivity contribution in [1.29, 1.82) is 0 Å². The second-order valence-electron chi connectivity index (χ2n) is 5.97. The van der Waals surface area contributed by atoms with Crippen molar-refractivity contribution >= 4 is 51.4 Å². The van der Waals surface area contributed by atoms with E-state index in [1.165, 1.54) is 7.11 Å². The lowest BCUT2D eigenvalue weighted by Crippen LogP contribution is -2.24. The van der Waals surface area contributed by atoms with E-state index in [4.69, 9.17) is 27.9 Å². The monoisotopic (exact) mass is 404 g/mol. The summed E-state index contributed by atoms with van der Waals surface area (Å²) < 4.78 is 10.2. The summed E-state index contributed by atoms with van der Waals surface area (Å²) >= 11 is 12.4. The number of methoxy groups -OCH3 is 1. The van der Waals surface area contributed by atoms with E-state index in [-0.39, 0.29) is 0 Å². The number of anilines is 2. The van der Waals surface area contributed by atoms with Crippen LogP contribution in [0.25, 0.3) is 10.8 Å². The predicted molar refractivity (Wildman–Crippen MR) is 108 cm³/mol. The molecule has 0 aliphatic carbocycles. The molecular weight excluding hydrogens is 387 g/mol. The molecule has 0 aliphatic heterocycles. The molecule has 0 saturated carbocycles. The number of hydrogen-bond acceptors (Lipinski definition) is 5. The maximum atomic E-state index is 11.5. The van der Waals surface area contributed by atoms with Gasteiger partial charge in [0.1, 0.15) is 16.7 Å². The molecule has 1 aromatic heterocycles. The minimum Gasteiger partial charge on any atom is -0.479 e. The highest BCUT2D eigenvalue weighted by molar-refractivity contribution is 6.36. The van der Waals surface area contributed by atoms with Crippen LogP contribution in [0.5, 0.6) is 5.75 Å². The second kappa shape index (κ2) is 8.03. The Morgan fingerprint density at radius 1 is 1.11 bits per heavy atom. The van der Waals surface area contributed by atoms with Crippen LogP contribution in [0, 0.1) is 0 Å². The van der Waals surface area contributed by atoms with Crippen molar-refractivity contribution in [2.45, 2.75) is 13.0 Å². The van der Waals surface area contributed by atoms with E-state index in [9.17, 15) is 4.79 Å². The van der Waals surface area contributed by atoms with E-state index in [0.29, 0.717) is 21.7 Å². The fourth-order valence-corrected chi connectivity index (χ4v) is 3.06. The van der Waals surface area contributed by atoms with E-state index >= 15 is 0 Å². The molecule has 1 unspecified atom stereocenters. The lowest BCUT2D eigenvalue weighted by Gasteiger charge is -2.20. The van der Waals surface area contributed by atoms with E-state index < -0.39 is 12.1 Å². The van der Waals surface area contributed by atoms with E-state index in [1.807, 2.05) is 42.3 Å². The Bertz CT molecular complexity index is 977. The molecule has 1 heterocycles. The lowest BCUT2D eigenvalue weighted by molar-refractivity contribution is -0.147. The molecule has 5 nitrogen and oxygen atoms in total. The van der Waals surface area contributed by atoms with Crippen LogP contribution in [0.1, 0.15) is 6.92 Å². The van der Waals surface area contributed by atoms with Crippen LogP contribution in [0.15, 0.2) is 48.5 Å². The first-order valence-corrected chi connectivity index (χ1v) is 8.98. The minimum absolute atomic E-state index is 0.392. The first kappa shape index (κ1) is 19.3. The molecule has 0 radical (unpaired) electrons. The maximum Gasteiger partial charge on any atom is 0.346 e. The number of benzene rings is 2. The first-order chi connectivity index (χ1) is 12.9. The standard InChI is InChI=1S/C20H18Cl2N2O3/c1-12(20(25)26-3)27-16-8-6-15(7-9-16)24(2)18-10-13-4-5-14(21)11-17(13)19(22)23-18/h4-12H,1-3H3. The summed E-state index contributed by atoms with van der Waals surface area (Å²) in [6.45, 7) is 1.64. The highest BCUT2D eigenvalue weighted by atomic mass is 35.5. The van der Waals surface area contributed by atoms with Gasteiger partial charge in [-0.1, -0.05) is 29.3 Å². The zero-order chi connectivity index (χ0) is 19.6. The van der Waals surface area contributed by atoms with Crippen LogP contribution in [0.4, 0.5) is 11.5 Å². The summed E-state index contributed by atoms with van der Waals surface area (Å²) in [6.07, 6.45) is -0.675. The number of aromatic nitrogens is 1. The van der Waals surface area contributed by atoms with Gasteiger partial charge in [-0.3, -0.25) is 0 Å². The normalized spacial score (nSPS) is 11.9. The lowest BCUT2D eigenvalue weighted by atomic mass is 10.1. The summed E-state index contributed by atoms with van der Waals surface area (Å²) in [6, 6.07) is 14.8. The molecule has 0 bridgehead atoms. The van der Waals surface area contributed by atoms with Gasteiger partial charge in [-0.25, -0.2) is 9.78 Å². The Hall–Kier alpha value is -2.50. The molecule has 0 fully saturated rings. The molecule has 7 heteroatoms. The maximum absolute atomic E-state index is 11.5. The SMILES string of the molecule is COC(=O)C(C)Oc1ccc(N(C)c2cc3ccc(Cl)cc3c(Cl)n2)cc1. The topological polar surface area (TPSA) is 51.7 Å². The molecule has 0 aliphatic rings. The van der Waals surface area contributed by atoms with Gasteiger partial charge in [0.05, 0.1) is 7.11 Å². The van der Waals surface area contributed by atoms with Crippen molar-refractivity contribution in [3.05, 3.63) is 58.7 Å². The van der Waals surface area contributed by atoms with Crippen molar-refractivity contribution in [3.8, 4) is 5.75 Å². The highest BCUT2D eigenvalue weighted by Crippen LogP contribution is 2.31. The van der Waals surface area contributed by atoms with Crippen LogP contribution >= 0.6 is 23.2 Å². The fourth-order valence-electron chi connectivity index (χ4n) is 2.64. The summed E-state index contributed by atoms with van der Waals surface area (Å²) in [7, 11) is 3.23. The van der Waals surface area contributed by atoms with E-state index in [1.54, 1.807) is 25.1 Å². The van der Waals surface area contributed by atoms with Crippen LogP contribution in [0.2, 0.25) is 10.2 Å². The molecule has 3 rings (SSSR count). The third kappa shape index (κ3) is 4.26. The summed E-state index contributed by atoms with van der Waals surface area (Å²) in [5, 5.41) is 2.77. The van der Waals surface area contributed by atoms with Crippen molar-refractivity contribution < 1.29 is 14.3 Å². The van der Waals surface area contributed by atoms with Gasteiger partial charge in [-0.15, -0.1) is 0 Å². The molecule has 0 amide bonds. The minimum atomic E-state index is -0.675. The predicted octanol–water partition coefficient (Wildman–Crippen LogP) is 5.25. The van der Waals surface area contributed by atoms with E-state index in [0.717, 1.165) is 16.5 Å². The first-order valence-electron chi connectivity index (χ1n) is 8.23. The summed E-state index contributed by atoms with van der Waals surface area (Å²) in [4.78, 5) is 17.8. The molecule has 1 atom stereocenters. The van der Waals surface area contributed by atoms with E-state index in [2.05, 4.69) is 9.72 Å². The Kier molecular flexibility index (Phi) is 5.73. The van der Waals surface area contributed by atoms with Gasteiger partial charge >= 0.3 is 5.97 Å². The van der Waals surface area contributed by atoms with Crippen molar-refractivity contribution in [3.63, 3.8) is 0 Å². The smallest absolute Gasteiger partial charge is 0.346 e. The third-order valence-corrected chi connectivity index (χ3v) is 4.67. The van der Waals surface area contributed by atoms with Gasteiger partial charge in [-0.2, -0.15) is 0 Å². The Morgan fingerprint density at radius 2 is 1.81 bits per heavy atom. The number of pyridine rings is 1. The average Bonchev–Trinajstić information content (AvgIpc) is 2.67. The number of hydrogen-bond donors (Lipinski definition) is 0. The molecule has 0 saturated heterocycles. The number of carbonyl (C=O) groups excluding carboxylic acids is 1. The Labute approximate surface area is 167 Å². The van der Waals surface area contributed by atoms with Gasteiger partial charge in [0.2, 0.25) is 0 Å². The molecule has 3 aromatic rings. The largest absolute Gasteiger partial charge is 0.479 e. The fraction of sp³-hybridized carbons (Fsp3) is 0.200. The van der Waals surface area contributed by atoms with Gasteiger partial charge in [0, 0.05) is 23.1 Å². The molecular formula is C20H18Cl2N2O3. The number of ether oxygens (including phenoxy) is 2. The molecule has 2 aromatic carbocycles. The number of rotatable bonds is 5. The molecule has 27 heavy (non-hydrogen) atoms. The summed E-state index contributed by atoms with van der Waals surface area (Å²) in [5.74, 6) is 0.849. The average molecular weight is 405 g/mol. The Morgan fingerprint density at radius 3 is 2.48 bits per heavy atom. The Balaban J connectivity index is 1.83. The number of fused-ring (bicyclic) bond motifs is 1. The molecule has 0 spiro atoms. The summed E-state index contributed by atoms with van der Waals surface area (Å²) in [5.41, 5.74) is 0.893. The van der Waals surface area contributed by atoms with Crippen LogP contribution < -0.4 is 9.64 Å². The van der Waals surface area contributed by atoms with Crippen molar-refractivity contribution in [2.24, 2.45) is 0 Å². The van der Waals surface area contributed by atoms with Crippen molar-refractivity contribution in [2.75, 3.05) is 19.1 Å². The highest BCUT2D eigenvalue weighted by Gasteiger charge is 2.15. The van der Waals surface area contributed by atoms with Crippen LogP contribution in [-0.4, -0.2) is 31.2 Å². The quantitative estimate of drug-likeness (QED) is 0.429. The van der Waals surface area contributed by atoms with Crippen LogP contribution in [-0.2, 0) is 9.53 Å². The number of carbonyl (C=O) groups is 1. The van der Waals surface area contributed by atoms with Crippen LogP contribution in [0.3, 0.4) is 0 Å². The molecule has 0 N–H and O–H groups in total. The van der Waals surface area contributed by atoms with Gasteiger partial charge < -0.3 is 14.4 Å².